The molecule has 0 bridgehead atoms. The molecule has 1 aromatic heterocycles. The van der Waals surface area contributed by atoms with Crippen molar-refractivity contribution in [2.24, 2.45) is 0 Å². The van der Waals surface area contributed by atoms with Crippen molar-refractivity contribution in [2.75, 3.05) is 25.0 Å². The van der Waals surface area contributed by atoms with Crippen LogP contribution >= 0.6 is 0 Å². The van der Waals surface area contributed by atoms with Crippen molar-refractivity contribution in [3.8, 4) is 28.6 Å². The summed E-state index contributed by atoms with van der Waals surface area (Å²) in [7, 11) is -2.44. The lowest BCUT2D eigenvalue weighted by atomic mass is 10.1. The van der Waals surface area contributed by atoms with Crippen molar-refractivity contribution < 1.29 is 28.1 Å². The first kappa shape index (κ1) is 21.1. The van der Waals surface area contributed by atoms with Gasteiger partial charge in [0.05, 0.1) is 42.3 Å². The molecule has 0 atom stereocenters. The Balaban J connectivity index is 1.63. The predicted molar refractivity (Wildman–Crippen MR) is 122 cm³/mol. The third-order valence-corrected chi connectivity index (χ3v) is 6.89. The molecule has 0 aliphatic carbocycles. The summed E-state index contributed by atoms with van der Waals surface area (Å²) in [6.07, 6.45) is 0. The Morgan fingerprint density at radius 3 is 2.52 bits per heavy atom. The Bertz CT molecular complexity index is 1450. The first-order valence-corrected chi connectivity index (χ1v) is 11.6. The van der Waals surface area contributed by atoms with Crippen molar-refractivity contribution >= 4 is 26.7 Å². The van der Waals surface area contributed by atoms with Gasteiger partial charge in [-0.1, -0.05) is 18.2 Å². The second-order valence-corrected chi connectivity index (χ2v) is 9.35. The zero-order valence-corrected chi connectivity index (χ0v) is 18.4. The van der Waals surface area contributed by atoms with Gasteiger partial charge >= 0.3 is 0 Å². The minimum atomic E-state index is -3.82. The summed E-state index contributed by atoms with van der Waals surface area (Å²) < 4.78 is 40.9. The number of rotatable bonds is 6. The average molecular weight is 468 g/mol. The van der Waals surface area contributed by atoms with E-state index < -0.39 is 10.0 Å². The first-order chi connectivity index (χ1) is 15.9. The molecule has 4 aromatic rings. The fraction of sp³-hybridized carbons (Fsp3) is 0.174. The van der Waals surface area contributed by atoms with Crippen molar-refractivity contribution in [2.45, 2.75) is 10.9 Å². The Kier molecular flexibility index (Phi) is 5.10. The number of nitrogens with zero attached hydrogens (tertiary/aromatic N) is 2. The topological polar surface area (TPSA) is 123 Å². The predicted octanol–water partition coefficient (Wildman–Crippen LogP) is 3.50. The molecule has 5 rings (SSSR count). The van der Waals surface area contributed by atoms with Gasteiger partial charge in [0.2, 0.25) is 5.75 Å². The van der Waals surface area contributed by atoms with E-state index in [4.69, 9.17) is 9.47 Å². The fourth-order valence-corrected chi connectivity index (χ4v) is 4.87. The molecule has 9 nitrogen and oxygen atoms in total. The van der Waals surface area contributed by atoms with Gasteiger partial charge in [0.15, 0.2) is 11.5 Å². The van der Waals surface area contributed by atoms with E-state index in [1.54, 1.807) is 42.5 Å². The molecule has 33 heavy (non-hydrogen) atoms. The molecule has 0 saturated carbocycles. The molecule has 3 N–H and O–H groups in total. The van der Waals surface area contributed by atoms with Crippen LogP contribution in [0.4, 0.5) is 5.69 Å². The van der Waals surface area contributed by atoms with Crippen LogP contribution in [0, 0.1) is 0 Å². The van der Waals surface area contributed by atoms with Crippen LogP contribution in [0.1, 0.15) is 6.04 Å². The van der Waals surface area contributed by atoms with Crippen molar-refractivity contribution in [1.82, 2.24) is 9.55 Å². The van der Waals surface area contributed by atoms with Gasteiger partial charge in [-0.3, -0.25) is 4.72 Å². The Labute approximate surface area is 189 Å². The van der Waals surface area contributed by atoms with Crippen LogP contribution in [-0.4, -0.2) is 48.5 Å². The van der Waals surface area contributed by atoms with E-state index >= 15 is 0 Å². The number of fused-ring (bicyclic) bond motifs is 1. The van der Waals surface area contributed by atoms with Crippen LogP contribution in [0.3, 0.4) is 0 Å². The highest BCUT2D eigenvalue weighted by Crippen LogP contribution is 2.41. The molecule has 3 aromatic carbocycles. The number of hydrogen-bond acceptors (Lipinski definition) is 7. The number of phenols is 2. The van der Waals surface area contributed by atoms with Crippen molar-refractivity contribution in [3.63, 3.8) is 0 Å². The number of phenolic OH excluding ortho intramolecular Hbond substituents is 2. The maximum absolute atomic E-state index is 12.9. The van der Waals surface area contributed by atoms with Gasteiger partial charge in [-0.05, 0) is 42.5 Å². The molecular formula is C23H21N3O6S. The number of sulfonamides is 1. The average Bonchev–Trinajstić information content (AvgIpc) is 3.13. The number of benzene rings is 3. The normalized spacial score (nSPS) is 14.2. The fourth-order valence-electron chi connectivity index (χ4n) is 3.79. The Morgan fingerprint density at radius 2 is 1.85 bits per heavy atom. The van der Waals surface area contributed by atoms with Gasteiger partial charge < -0.3 is 24.3 Å². The zero-order chi connectivity index (χ0) is 23.2. The zero-order valence-electron chi connectivity index (χ0n) is 17.6. The van der Waals surface area contributed by atoms with E-state index in [0.29, 0.717) is 35.8 Å². The summed E-state index contributed by atoms with van der Waals surface area (Å²) >= 11 is 0. The summed E-state index contributed by atoms with van der Waals surface area (Å²) in [5, 5.41) is 20.2. The first-order valence-electron chi connectivity index (χ1n) is 10.2. The van der Waals surface area contributed by atoms with E-state index in [1.165, 1.54) is 25.3 Å². The van der Waals surface area contributed by atoms with Crippen LogP contribution in [0.2, 0.25) is 0 Å². The summed E-state index contributed by atoms with van der Waals surface area (Å²) in [5.74, 6) is -0.111. The molecule has 0 amide bonds. The third-order valence-electron chi connectivity index (χ3n) is 5.52. The van der Waals surface area contributed by atoms with Crippen LogP contribution in [0.5, 0.6) is 17.2 Å². The van der Waals surface area contributed by atoms with Gasteiger partial charge in [0, 0.05) is 11.3 Å². The largest absolute Gasteiger partial charge is 0.504 e. The second-order valence-electron chi connectivity index (χ2n) is 7.66. The lowest BCUT2D eigenvalue weighted by Gasteiger charge is -2.29. The van der Waals surface area contributed by atoms with Crippen LogP contribution in [-0.2, 0) is 14.8 Å². The minimum Gasteiger partial charge on any atom is -0.504 e. The molecule has 1 fully saturated rings. The number of imidazole rings is 1. The molecule has 0 unspecified atom stereocenters. The number of methoxy groups -OCH3 is 1. The van der Waals surface area contributed by atoms with Gasteiger partial charge in [0.25, 0.3) is 10.0 Å². The van der Waals surface area contributed by atoms with Gasteiger partial charge in [0.1, 0.15) is 5.82 Å². The number of hydrogen-bond donors (Lipinski definition) is 3. The van der Waals surface area contributed by atoms with E-state index in [1.807, 2.05) is 4.57 Å². The SMILES string of the molecule is COc1cc(-c2nc3cc(S(=O)(=O)Nc4ccccc4)ccc3n2C2COC2)cc(O)c1O. The monoisotopic (exact) mass is 467 g/mol. The molecule has 0 spiro atoms. The summed E-state index contributed by atoms with van der Waals surface area (Å²) in [5.41, 5.74) is 2.17. The molecule has 0 radical (unpaired) electrons. The number of aromatic nitrogens is 2. The van der Waals surface area contributed by atoms with E-state index in [2.05, 4.69) is 9.71 Å². The maximum Gasteiger partial charge on any atom is 0.261 e. The molecule has 2 heterocycles. The van der Waals surface area contributed by atoms with E-state index in [9.17, 15) is 18.6 Å². The van der Waals surface area contributed by atoms with Crippen molar-refractivity contribution in [1.29, 1.82) is 0 Å². The number of ether oxygens (including phenoxy) is 2. The summed E-state index contributed by atoms with van der Waals surface area (Å²) in [6.45, 7) is 0.963. The summed E-state index contributed by atoms with van der Waals surface area (Å²) in [6, 6.07) is 16.4. The van der Waals surface area contributed by atoms with Gasteiger partial charge in [-0.2, -0.15) is 0 Å². The highest BCUT2D eigenvalue weighted by molar-refractivity contribution is 7.92. The number of anilines is 1. The second kappa shape index (κ2) is 7.98. The van der Waals surface area contributed by atoms with E-state index in [-0.39, 0.29) is 28.2 Å². The number of para-hydroxylation sites is 1. The van der Waals surface area contributed by atoms with Crippen molar-refractivity contribution in [3.05, 3.63) is 60.7 Å². The lowest BCUT2D eigenvalue weighted by molar-refractivity contribution is -0.0209. The van der Waals surface area contributed by atoms with Gasteiger partial charge in [-0.25, -0.2) is 13.4 Å². The highest BCUT2D eigenvalue weighted by atomic mass is 32.2. The van der Waals surface area contributed by atoms with Crippen LogP contribution in [0.15, 0.2) is 65.6 Å². The lowest BCUT2D eigenvalue weighted by Crippen LogP contribution is -2.31. The third kappa shape index (κ3) is 3.73. The smallest absolute Gasteiger partial charge is 0.261 e. The Morgan fingerprint density at radius 1 is 1.09 bits per heavy atom. The quantitative estimate of drug-likeness (QED) is 0.371. The molecule has 1 aliphatic rings. The molecule has 1 saturated heterocycles. The number of aromatic hydroxyl groups is 2. The Hall–Kier alpha value is -3.76. The molecule has 10 heteroatoms. The van der Waals surface area contributed by atoms with Crippen LogP contribution < -0.4 is 9.46 Å². The minimum absolute atomic E-state index is 0.00292. The van der Waals surface area contributed by atoms with Crippen LogP contribution in [0.25, 0.3) is 22.4 Å². The highest BCUT2D eigenvalue weighted by Gasteiger charge is 2.28. The molecular weight excluding hydrogens is 446 g/mol. The molecule has 1 aliphatic heterocycles. The summed E-state index contributed by atoms with van der Waals surface area (Å²) in [4.78, 5) is 4.76. The molecule has 170 valence electrons. The number of nitrogens with one attached hydrogen (secondary N) is 1. The van der Waals surface area contributed by atoms with Gasteiger partial charge in [-0.15, -0.1) is 0 Å². The van der Waals surface area contributed by atoms with E-state index in [0.717, 1.165) is 5.52 Å². The maximum atomic E-state index is 12.9. The standard InChI is InChI=1S/C23H21N3O6S/c1-31-21-10-14(9-20(27)22(21)28)23-24-18-11-17(7-8-19(18)26(23)16-12-32-13-16)33(29,30)25-15-5-3-2-4-6-15/h2-11,16,25,27-28H,12-13H2,1H3.